The summed E-state index contributed by atoms with van der Waals surface area (Å²) in [4.78, 5) is 19.3. The van der Waals surface area contributed by atoms with Crippen LogP contribution in [0.3, 0.4) is 0 Å². The lowest BCUT2D eigenvalue weighted by atomic mass is 10.1. The number of ether oxygens (including phenoxy) is 1. The molecule has 0 aromatic heterocycles. The molecule has 1 aliphatic heterocycles. The summed E-state index contributed by atoms with van der Waals surface area (Å²) in [5, 5.41) is 1.23. The van der Waals surface area contributed by atoms with Gasteiger partial charge in [0.05, 0.1) is 17.9 Å². The van der Waals surface area contributed by atoms with E-state index in [1.54, 1.807) is 30.3 Å². The zero-order valence-electron chi connectivity index (χ0n) is 15.8. The molecule has 1 saturated heterocycles. The Kier molecular flexibility index (Phi) is 6.97. The van der Waals surface area contributed by atoms with E-state index in [2.05, 4.69) is 16.8 Å². The van der Waals surface area contributed by atoms with Crippen LogP contribution in [0.25, 0.3) is 0 Å². The fourth-order valence-corrected chi connectivity index (χ4v) is 4.42. The summed E-state index contributed by atoms with van der Waals surface area (Å²) < 4.78 is 18.5. The first kappa shape index (κ1) is 20.7. The quantitative estimate of drug-likeness (QED) is 0.612. The van der Waals surface area contributed by atoms with Crippen molar-refractivity contribution >= 4 is 34.4 Å². The van der Waals surface area contributed by atoms with Crippen molar-refractivity contribution < 1.29 is 13.9 Å². The largest absolute Gasteiger partial charge is 0.496 e. The summed E-state index contributed by atoms with van der Waals surface area (Å²) in [7, 11) is 1.51. The van der Waals surface area contributed by atoms with E-state index >= 15 is 0 Å². The van der Waals surface area contributed by atoms with Gasteiger partial charge in [0.25, 0.3) is 5.91 Å². The van der Waals surface area contributed by atoms with E-state index in [0.29, 0.717) is 21.5 Å². The standard InChI is InChI=1S/C21H22ClFN2O2S/c1-3-4-11-25-13-19(14-5-8-16(23)9-6-14)28-21(25)24-20(26)17-12-15(22)7-10-18(17)27-2/h5-10,12,19H,3-4,11,13H2,1-2H3. The van der Waals surface area contributed by atoms with E-state index in [1.807, 2.05) is 0 Å². The topological polar surface area (TPSA) is 41.9 Å². The lowest BCUT2D eigenvalue weighted by Gasteiger charge is -2.17. The Balaban J connectivity index is 1.87. The average Bonchev–Trinajstić information content (AvgIpc) is 3.09. The van der Waals surface area contributed by atoms with Crippen LogP contribution in [0, 0.1) is 5.82 Å². The van der Waals surface area contributed by atoms with Gasteiger partial charge in [-0.2, -0.15) is 4.99 Å². The van der Waals surface area contributed by atoms with Crippen molar-refractivity contribution in [3.05, 3.63) is 64.4 Å². The molecule has 7 heteroatoms. The first-order chi connectivity index (χ1) is 13.5. The van der Waals surface area contributed by atoms with Crippen LogP contribution in [0.1, 0.15) is 40.9 Å². The van der Waals surface area contributed by atoms with Gasteiger partial charge in [-0.3, -0.25) is 4.79 Å². The molecule has 2 aromatic rings. The van der Waals surface area contributed by atoms with Crippen molar-refractivity contribution in [1.82, 2.24) is 4.90 Å². The third-order valence-electron chi connectivity index (χ3n) is 4.52. The molecular weight excluding hydrogens is 399 g/mol. The number of amidine groups is 1. The van der Waals surface area contributed by atoms with Gasteiger partial charge in [-0.25, -0.2) is 4.39 Å². The molecule has 1 amide bonds. The van der Waals surface area contributed by atoms with Crippen molar-refractivity contribution in [3.63, 3.8) is 0 Å². The predicted octanol–water partition coefficient (Wildman–Crippen LogP) is 5.57. The Labute approximate surface area is 173 Å². The van der Waals surface area contributed by atoms with Crippen molar-refractivity contribution in [2.75, 3.05) is 20.2 Å². The fraction of sp³-hybridized carbons (Fsp3) is 0.333. The number of carbonyl (C=O) groups excluding carboxylic acids is 1. The zero-order valence-corrected chi connectivity index (χ0v) is 17.4. The van der Waals surface area contributed by atoms with Crippen molar-refractivity contribution in [2.24, 2.45) is 4.99 Å². The second-order valence-electron chi connectivity index (χ2n) is 6.50. The first-order valence-electron chi connectivity index (χ1n) is 9.15. The van der Waals surface area contributed by atoms with Gasteiger partial charge in [0.15, 0.2) is 5.17 Å². The average molecular weight is 421 g/mol. The number of hydrogen-bond donors (Lipinski definition) is 0. The Morgan fingerprint density at radius 1 is 1.32 bits per heavy atom. The highest BCUT2D eigenvalue weighted by Crippen LogP contribution is 2.39. The molecular formula is C21H22ClFN2O2S. The number of thioether (sulfide) groups is 1. The maximum atomic E-state index is 13.2. The summed E-state index contributed by atoms with van der Waals surface area (Å²) in [5.41, 5.74) is 1.36. The molecule has 148 valence electrons. The molecule has 4 nitrogen and oxygen atoms in total. The van der Waals surface area contributed by atoms with Gasteiger partial charge >= 0.3 is 0 Å². The monoisotopic (exact) mass is 420 g/mol. The van der Waals surface area contributed by atoms with Crippen LogP contribution in [0.15, 0.2) is 47.5 Å². The summed E-state index contributed by atoms with van der Waals surface area (Å²) >= 11 is 7.57. The molecule has 28 heavy (non-hydrogen) atoms. The molecule has 1 aliphatic rings. The van der Waals surface area contributed by atoms with E-state index in [1.165, 1.54) is 31.0 Å². The number of methoxy groups -OCH3 is 1. The van der Waals surface area contributed by atoms with Gasteiger partial charge in [-0.1, -0.05) is 48.8 Å². The lowest BCUT2D eigenvalue weighted by Crippen LogP contribution is -2.26. The normalized spacial score (nSPS) is 17.9. The number of carbonyl (C=O) groups is 1. The number of halogens is 2. The zero-order chi connectivity index (χ0) is 20.1. The number of benzene rings is 2. The van der Waals surface area contributed by atoms with Crippen LogP contribution in [-0.4, -0.2) is 36.2 Å². The predicted molar refractivity (Wildman–Crippen MR) is 113 cm³/mol. The van der Waals surface area contributed by atoms with E-state index in [0.717, 1.165) is 31.5 Å². The number of amides is 1. The minimum absolute atomic E-state index is 0.102. The molecule has 0 aliphatic carbocycles. The Bertz CT molecular complexity index is 873. The SMILES string of the molecule is CCCCN1CC(c2ccc(F)cc2)SC1=NC(=O)c1cc(Cl)ccc1OC. The summed E-state index contributed by atoms with van der Waals surface area (Å²) in [6.45, 7) is 3.68. The molecule has 0 saturated carbocycles. The molecule has 2 aromatic carbocycles. The van der Waals surface area contributed by atoms with Crippen molar-refractivity contribution in [1.29, 1.82) is 0 Å². The fourth-order valence-electron chi connectivity index (χ4n) is 3.00. The molecule has 1 atom stereocenters. The van der Waals surface area contributed by atoms with Gasteiger partial charge < -0.3 is 9.64 Å². The van der Waals surface area contributed by atoms with Crippen LogP contribution in [0.2, 0.25) is 5.02 Å². The number of aliphatic imine (C=N–C) groups is 1. The van der Waals surface area contributed by atoms with Crippen LogP contribution in [0.4, 0.5) is 4.39 Å². The van der Waals surface area contributed by atoms with E-state index in [9.17, 15) is 9.18 Å². The molecule has 3 rings (SSSR count). The first-order valence-corrected chi connectivity index (χ1v) is 10.4. The highest BCUT2D eigenvalue weighted by atomic mass is 35.5. The highest BCUT2D eigenvalue weighted by Gasteiger charge is 2.30. The van der Waals surface area contributed by atoms with Gasteiger partial charge in [0, 0.05) is 18.1 Å². The van der Waals surface area contributed by atoms with Crippen LogP contribution < -0.4 is 4.74 Å². The lowest BCUT2D eigenvalue weighted by molar-refractivity contribution is 0.0999. The van der Waals surface area contributed by atoms with Crippen LogP contribution in [-0.2, 0) is 0 Å². The number of nitrogens with zero attached hydrogens (tertiary/aromatic N) is 2. The van der Waals surface area contributed by atoms with Crippen LogP contribution in [0.5, 0.6) is 5.75 Å². The molecule has 0 spiro atoms. The molecule has 1 fully saturated rings. The summed E-state index contributed by atoms with van der Waals surface area (Å²) in [5.74, 6) is -0.202. The van der Waals surface area contributed by atoms with E-state index in [4.69, 9.17) is 16.3 Å². The minimum Gasteiger partial charge on any atom is -0.496 e. The number of unbranched alkanes of at least 4 members (excludes halogenated alkanes) is 1. The summed E-state index contributed by atoms with van der Waals surface area (Å²) in [6, 6.07) is 11.4. The van der Waals surface area contributed by atoms with E-state index in [-0.39, 0.29) is 17.0 Å². The maximum absolute atomic E-state index is 13.2. The van der Waals surface area contributed by atoms with Gasteiger partial charge in [0.1, 0.15) is 11.6 Å². The minimum atomic E-state index is -0.386. The Hall–Kier alpha value is -2.05. The smallest absolute Gasteiger partial charge is 0.283 e. The second-order valence-corrected chi connectivity index (χ2v) is 8.11. The van der Waals surface area contributed by atoms with Crippen molar-refractivity contribution in [2.45, 2.75) is 25.0 Å². The van der Waals surface area contributed by atoms with Gasteiger partial charge in [0.2, 0.25) is 0 Å². The molecule has 0 N–H and O–H groups in total. The van der Waals surface area contributed by atoms with E-state index < -0.39 is 0 Å². The van der Waals surface area contributed by atoms with Gasteiger partial charge in [-0.05, 0) is 42.3 Å². The Morgan fingerprint density at radius 3 is 2.75 bits per heavy atom. The van der Waals surface area contributed by atoms with Gasteiger partial charge in [-0.15, -0.1) is 0 Å². The molecule has 0 bridgehead atoms. The van der Waals surface area contributed by atoms with Crippen LogP contribution >= 0.6 is 23.4 Å². The molecule has 1 unspecified atom stereocenters. The van der Waals surface area contributed by atoms with Crippen molar-refractivity contribution in [3.8, 4) is 5.75 Å². The molecule has 1 heterocycles. The molecule has 0 radical (unpaired) electrons. The maximum Gasteiger partial charge on any atom is 0.283 e. The number of rotatable bonds is 6. The highest BCUT2D eigenvalue weighted by molar-refractivity contribution is 8.14. The second kappa shape index (κ2) is 9.43. The summed E-state index contributed by atoms with van der Waals surface area (Å²) in [6.07, 6.45) is 2.05. The number of hydrogen-bond acceptors (Lipinski definition) is 3. The Morgan fingerprint density at radius 2 is 2.07 bits per heavy atom. The third-order valence-corrected chi connectivity index (χ3v) is 6.02. The third kappa shape index (κ3) is 4.86.